The van der Waals surface area contributed by atoms with Crippen molar-refractivity contribution in [3.05, 3.63) is 0 Å². The maximum Gasteiger partial charge on any atom is 0.227 e. The van der Waals surface area contributed by atoms with E-state index < -0.39 is 0 Å². The predicted molar refractivity (Wildman–Crippen MR) is 58.4 cm³/mol. The smallest absolute Gasteiger partial charge is 0.227 e. The molecule has 1 aliphatic rings. The molecule has 0 aromatic carbocycles. The fraction of sp³-hybridized carbons (Fsp3) is 0.818. The Balaban J connectivity index is 2.73. The minimum absolute atomic E-state index is 0.221. The molecule has 0 N–H and O–H groups in total. The zero-order valence-electron chi connectivity index (χ0n) is 9.25. The summed E-state index contributed by atoms with van der Waals surface area (Å²) in [5.74, 6) is 1.23. The maximum absolute atomic E-state index is 11.6. The Morgan fingerprint density at radius 2 is 2.14 bits per heavy atom. The van der Waals surface area contributed by atoms with Gasteiger partial charge < -0.3 is 4.90 Å². The van der Waals surface area contributed by atoms with Crippen LogP contribution in [0, 0.1) is 0 Å². The van der Waals surface area contributed by atoms with Crippen molar-refractivity contribution in [3.63, 3.8) is 0 Å². The lowest BCUT2D eigenvalue weighted by Gasteiger charge is -2.21. The Labute approximate surface area is 86.2 Å². The molecule has 80 valence electrons. The predicted octanol–water partition coefficient (Wildman–Crippen LogP) is 2.22. The SMILES string of the molecule is CCN=C1CCCCCN1C(=O)CC. The molecule has 0 spiro atoms. The molecule has 14 heavy (non-hydrogen) atoms. The third-order valence-corrected chi connectivity index (χ3v) is 2.54. The third kappa shape index (κ3) is 2.82. The zero-order valence-corrected chi connectivity index (χ0v) is 9.25. The summed E-state index contributed by atoms with van der Waals surface area (Å²) in [6, 6.07) is 0. The molecule has 0 radical (unpaired) electrons. The summed E-state index contributed by atoms with van der Waals surface area (Å²) >= 11 is 0. The summed E-state index contributed by atoms with van der Waals surface area (Å²) in [5.41, 5.74) is 0. The molecule has 0 saturated carbocycles. The van der Waals surface area contributed by atoms with E-state index >= 15 is 0 Å². The number of hydrogen-bond acceptors (Lipinski definition) is 2. The van der Waals surface area contributed by atoms with Gasteiger partial charge in [-0.25, -0.2) is 0 Å². The minimum Gasteiger partial charge on any atom is -0.301 e. The van der Waals surface area contributed by atoms with Crippen molar-refractivity contribution >= 4 is 11.7 Å². The first-order valence-corrected chi connectivity index (χ1v) is 5.63. The topological polar surface area (TPSA) is 32.7 Å². The molecule has 0 unspecified atom stereocenters. The van der Waals surface area contributed by atoms with Crippen LogP contribution in [0.25, 0.3) is 0 Å². The van der Waals surface area contributed by atoms with Crippen molar-refractivity contribution in [2.75, 3.05) is 13.1 Å². The van der Waals surface area contributed by atoms with Gasteiger partial charge in [0.1, 0.15) is 5.84 Å². The lowest BCUT2D eigenvalue weighted by atomic mass is 10.2. The van der Waals surface area contributed by atoms with Gasteiger partial charge in [-0.15, -0.1) is 0 Å². The Bertz CT molecular complexity index is 223. The van der Waals surface area contributed by atoms with E-state index in [0.29, 0.717) is 6.42 Å². The highest BCUT2D eigenvalue weighted by molar-refractivity contribution is 5.98. The number of nitrogens with zero attached hydrogens (tertiary/aromatic N) is 2. The monoisotopic (exact) mass is 196 g/mol. The number of hydrogen-bond donors (Lipinski definition) is 0. The van der Waals surface area contributed by atoms with Crippen LogP contribution in [-0.4, -0.2) is 29.7 Å². The summed E-state index contributed by atoms with van der Waals surface area (Å²) in [4.78, 5) is 18.0. The molecule has 0 aliphatic carbocycles. The molecule has 0 aromatic heterocycles. The number of aliphatic imine (C=N–C) groups is 1. The van der Waals surface area contributed by atoms with E-state index in [0.717, 1.165) is 31.8 Å². The summed E-state index contributed by atoms with van der Waals surface area (Å²) in [6.07, 6.45) is 5.07. The Kier molecular flexibility index (Phi) is 4.63. The highest BCUT2D eigenvalue weighted by atomic mass is 16.2. The summed E-state index contributed by atoms with van der Waals surface area (Å²) in [5, 5.41) is 0. The van der Waals surface area contributed by atoms with Crippen molar-refractivity contribution < 1.29 is 4.79 Å². The van der Waals surface area contributed by atoms with Crippen molar-refractivity contribution in [2.45, 2.75) is 46.0 Å². The van der Waals surface area contributed by atoms with Gasteiger partial charge in [-0.1, -0.05) is 13.3 Å². The lowest BCUT2D eigenvalue weighted by Crippen LogP contribution is -2.36. The first kappa shape index (κ1) is 11.2. The quantitative estimate of drug-likeness (QED) is 0.666. The van der Waals surface area contributed by atoms with E-state index in [2.05, 4.69) is 4.99 Å². The van der Waals surface area contributed by atoms with Gasteiger partial charge in [-0.2, -0.15) is 0 Å². The van der Waals surface area contributed by atoms with Gasteiger partial charge in [0.05, 0.1) is 0 Å². The van der Waals surface area contributed by atoms with Gasteiger partial charge in [-0.3, -0.25) is 9.79 Å². The van der Waals surface area contributed by atoms with Crippen molar-refractivity contribution in [2.24, 2.45) is 4.99 Å². The fourth-order valence-corrected chi connectivity index (χ4v) is 1.80. The standard InChI is InChI=1S/C11H20N2O/c1-3-11(14)13-9-7-5-6-8-10(13)12-4-2/h3-9H2,1-2H3. The van der Waals surface area contributed by atoms with Crippen molar-refractivity contribution in [1.29, 1.82) is 0 Å². The summed E-state index contributed by atoms with van der Waals surface area (Å²) < 4.78 is 0. The molecule has 1 rings (SSSR count). The molecule has 0 bridgehead atoms. The van der Waals surface area contributed by atoms with Crippen LogP contribution in [0.5, 0.6) is 0 Å². The Hall–Kier alpha value is -0.860. The van der Waals surface area contributed by atoms with Crippen LogP contribution in [0.1, 0.15) is 46.0 Å². The van der Waals surface area contributed by atoms with E-state index in [1.54, 1.807) is 0 Å². The van der Waals surface area contributed by atoms with E-state index in [4.69, 9.17) is 0 Å². The van der Waals surface area contributed by atoms with Gasteiger partial charge in [0.25, 0.3) is 0 Å². The summed E-state index contributed by atoms with van der Waals surface area (Å²) in [7, 11) is 0. The molecule has 3 nitrogen and oxygen atoms in total. The van der Waals surface area contributed by atoms with Crippen LogP contribution in [0.4, 0.5) is 0 Å². The van der Waals surface area contributed by atoms with E-state index in [1.165, 1.54) is 12.8 Å². The van der Waals surface area contributed by atoms with Gasteiger partial charge in [-0.05, 0) is 19.8 Å². The molecular weight excluding hydrogens is 176 g/mol. The normalized spacial score (nSPS) is 21.0. The highest BCUT2D eigenvalue weighted by Crippen LogP contribution is 2.13. The molecule has 1 aliphatic heterocycles. The average molecular weight is 196 g/mol. The first-order valence-electron chi connectivity index (χ1n) is 5.63. The number of rotatable bonds is 2. The number of likely N-dealkylation sites (tertiary alicyclic amines) is 1. The van der Waals surface area contributed by atoms with Crippen LogP contribution < -0.4 is 0 Å². The molecule has 1 amide bonds. The number of amides is 1. The molecule has 1 heterocycles. The summed E-state index contributed by atoms with van der Waals surface area (Å²) in [6.45, 7) is 5.58. The van der Waals surface area contributed by atoms with E-state index in [9.17, 15) is 4.79 Å². The largest absolute Gasteiger partial charge is 0.301 e. The van der Waals surface area contributed by atoms with Gasteiger partial charge in [0.15, 0.2) is 0 Å². The van der Waals surface area contributed by atoms with E-state index in [1.807, 2.05) is 18.7 Å². The molecular formula is C11H20N2O. The first-order chi connectivity index (χ1) is 6.79. The molecule has 0 atom stereocenters. The average Bonchev–Trinajstić information content (AvgIpc) is 2.43. The number of amidine groups is 1. The van der Waals surface area contributed by atoms with Crippen LogP contribution in [-0.2, 0) is 4.79 Å². The number of carbonyl (C=O) groups excluding carboxylic acids is 1. The highest BCUT2D eigenvalue weighted by Gasteiger charge is 2.19. The molecule has 1 fully saturated rings. The van der Waals surface area contributed by atoms with Crippen LogP contribution >= 0.6 is 0 Å². The molecule has 3 heteroatoms. The minimum atomic E-state index is 0.221. The third-order valence-electron chi connectivity index (χ3n) is 2.54. The number of carbonyl (C=O) groups is 1. The van der Waals surface area contributed by atoms with Crippen LogP contribution in [0.3, 0.4) is 0 Å². The van der Waals surface area contributed by atoms with Crippen molar-refractivity contribution in [1.82, 2.24) is 4.90 Å². The lowest BCUT2D eigenvalue weighted by molar-refractivity contribution is -0.127. The van der Waals surface area contributed by atoms with Crippen molar-refractivity contribution in [3.8, 4) is 0 Å². The zero-order chi connectivity index (χ0) is 10.4. The van der Waals surface area contributed by atoms with Gasteiger partial charge in [0.2, 0.25) is 5.91 Å². The molecule has 1 saturated heterocycles. The second kappa shape index (κ2) is 5.78. The maximum atomic E-state index is 11.6. The Morgan fingerprint density at radius 1 is 1.36 bits per heavy atom. The fourth-order valence-electron chi connectivity index (χ4n) is 1.80. The molecule has 0 aromatic rings. The van der Waals surface area contributed by atoms with E-state index in [-0.39, 0.29) is 5.91 Å². The second-order valence-corrected chi connectivity index (χ2v) is 3.60. The van der Waals surface area contributed by atoms with Crippen LogP contribution in [0.15, 0.2) is 4.99 Å². The van der Waals surface area contributed by atoms with Gasteiger partial charge in [0, 0.05) is 25.9 Å². The Morgan fingerprint density at radius 3 is 2.79 bits per heavy atom. The van der Waals surface area contributed by atoms with Gasteiger partial charge >= 0.3 is 0 Å². The second-order valence-electron chi connectivity index (χ2n) is 3.60. The van der Waals surface area contributed by atoms with Crippen LogP contribution in [0.2, 0.25) is 0 Å².